The summed E-state index contributed by atoms with van der Waals surface area (Å²) in [6.45, 7) is 87.9. The monoisotopic (exact) mass is 1420 g/mol. The minimum atomic E-state index is -4.46. The summed E-state index contributed by atoms with van der Waals surface area (Å²) < 4.78 is 101. The van der Waals surface area contributed by atoms with E-state index in [-0.39, 0.29) is 0 Å². The largest absolute Gasteiger partial charge is 0.478 e. The number of hydrogen-bond acceptors (Lipinski definition) is 12. The van der Waals surface area contributed by atoms with Crippen molar-refractivity contribution in [3.63, 3.8) is 0 Å². The van der Waals surface area contributed by atoms with Crippen molar-refractivity contribution in [2.24, 2.45) is 0 Å². The van der Waals surface area contributed by atoms with E-state index in [0.717, 1.165) is 0 Å². The summed E-state index contributed by atoms with van der Waals surface area (Å²) in [5.41, 5.74) is 32.8. The first-order chi connectivity index (χ1) is 39.1. The minimum absolute atomic E-state index is 0.296. The van der Waals surface area contributed by atoms with E-state index in [0.29, 0.717) is 96.7 Å². The van der Waals surface area contributed by atoms with E-state index >= 15 is 0 Å². The fourth-order valence-corrected chi connectivity index (χ4v) is 87.4. The molecular formula is C56H104O12Si16. The maximum absolute atomic E-state index is 8.39. The lowest BCUT2D eigenvalue weighted by Gasteiger charge is -2.64. The second kappa shape index (κ2) is 27.7. The Bertz CT molecular complexity index is 1950. The van der Waals surface area contributed by atoms with Gasteiger partial charge < -0.3 is 49.4 Å². The number of rotatable bonds is 40. The first kappa shape index (κ1) is 73.6. The van der Waals surface area contributed by atoms with Crippen LogP contribution in [0.5, 0.6) is 0 Å². The molecule has 84 heavy (non-hydrogen) atoms. The summed E-state index contributed by atoms with van der Waals surface area (Å²) in [4.78, 5) is 0. The van der Waals surface area contributed by atoms with Crippen molar-refractivity contribution in [1.82, 2.24) is 0 Å². The van der Waals surface area contributed by atoms with E-state index in [2.05, 4.69) is 249 Å². The van der Waals surface area contributed by atoms with Crippen LogP contribution in [-0.2, 0) is 49.4 Å². The van der Waals surface area contributed by atoms with Crippen LogP contribution in [0.25, 0.3) is 0 Å². The first-order valence-electron chi connectivity index (χ1n) is 29.7. The molecule has 6 heterocycles. The minimum Gasteiger partial charge on any atom is -0.373 e. The van der Waals surface area contributed by atoms with Crippen molar-refractivity contribution in [1.29, 1.82) is 0 Å². The molecule has 0 radical (unpaired) electrons. The lowest BCUT2D eigenvalue weighted by Crippen LogP contribution is -2.88. The lowest BCUT2D eigenvalue weighted by molar-refractivity contribution is -0.0286. The summed E-state index contributed by atoms with van der Waals surface area (Å²) >= 11 is 0. The predicted octanol–water partition coefficient (Wildman–Crippen LogP) is 16.0. The second-order valence-electron chi connectivity index (χ2n) is 26.0. The van der Waals surface area contributed by atoms with Gasteiger partial charge >= 0.3 is 70.4 Å². The van der Waals surface area contributed by atoms with Gasteiger partial charge in [0.05, 0.1) is 64.6 Å². The zero-order chi connectivity index (χ0) is 63.1. The van der Waals surface area contributed by atoms with Crippen LogP contribution in [0, 0.1) is 0 Å². The maximum atomic E-state index is 8.39. The Labute approximate surface area is 525 Å². The van der Waals surface area contributed by atoms with Gasteiger partial charge in [-0.2, -0.15) is 0 Å². The molecular weight excluding hydrogens is 1310 g/mol. The number of hydrogen-bond donors (Lipinski definition) is 0. The van der Waals surface area contributed by atoms with Crippen molar-refractivity contribution >= 4 is 135 Å². The Morgan fingerprint density at radius 3 is 0.310 bits per heavy atom. The average molecular weight is 1420 g/mol. The van der Waals surface area contributed by atoms with Gasteiger partial charge in [0.15, 0.2) is 0 Å². The van der Waals surface area contributed by atoms with E-state index in [4.69, 9.17) is 49.4 Å². The van der Waals surface area contributed by atoms with Gasteiger partial charge in [-0.3, -0.25) is 0 Å². The van der Waals surface area contributed by atoms with Crippen LogP contribution in [0.1, 0.15) is 0 Å². The van der Waals surface area contributed by atoms with Gasteiger partial charge in [0, 0.05) is 48.4 Å². The molecule has 0 atom stereocenters. The molecule has 0 amide bonds. The molecule has 0 aliphatic carbocycles. The van der Waals surface area contributed by atoms with Crippen molar-refractivity contribution < 1.29 is 49.4 Å². The smallest absolute Gasteiger partial charge is 0.373 e. The highest BCUT2D eigenvalue weighted by Crippen LogP contribution is 2.57. The maximum Gasteiger partial charge on any atom is 0.478 e. The molecule has 6 saturated heterocycles. The Morgan fingerprint density at radius 2 is 0.250 bits per heavy atom. The molecule has 464 valence electrons. The van der Waals surface area contributed by atoms with Crippen LogP contribution in [0.3, 0.4) is 0 Å². The molecule has 28 heteroatoms. The molecule has 6 aliphatic heterocycles. The molecule has 0 spiro atoms. The Kier molecular flexibility index (Phi) is 24.3. The molecule has 0 aromatic rings. The third-order valence-electron chi connectivity index (χ3n) is 19.0. The van der Waals surface area contributed by atoms with Crippen LogP contribution < -0.4 is 0 Å². The van der Waals surface area contributed by atoms with Gasteiger partial charge in [-0.25, -0.2) is 0 Å². The van der Waals surface area contributed by atoms with Crippen LogP contribution in [0.2, 0.25) is 149 Å². The Hall–Kier alpha value is -1.17. The molecule has 0 N–H and O–H groups in total. The highest BCUT2D eigenvalue weighted by atomic mass is 28.6. The molecule has 8 bridgehead atoms. The van der Waals surface area contributed by atoms with Crippen LogP contribution in [0.4, 0.5) is 0 Å². The van der Waals surface area contributed by atoms with E-state index < -0.39 is 135 Å². The zero-order valence-electron chi connectivity index (χ0n) is 52.8. The van der Waals surface area contributed by atoms with Crippen LogP contribution in [-0.4, -0.2) is 135 Å². The average Bonchev–Trinajstić information content (AvgIpc) is 0.715. The standard InChI is InChI=1S/C56H104O12Si16/c1-25-69(17,26-2)41-49-77-57-78(50-42-70(18,27-3)28-4)60-81(53-45-73(21,33-9)34-10)62-79(58-77,51-43-71(19,29-5)30-6)64-83(55-47-75(23,37-13)38-14)65-80(59-77,52-44-72(20,31-7)32-8)63-82(61-78,54-46-74(22,35-11)36-12)67-84(66-81,68-83)56-48-76(24,39-15)40-16/h25-40H,1-16,41-56H2,17-24H3. The van der Waals surface area contributed by atoms with Gasteiger partial charge in [0.25, 0.3) is 0 Å². The van der Waals surface area contributed by atoms with Gasteiger partial charge in [-0.05, 0) is 48.4 Å². The van der Waals surface area contributed by atoms with Gasteiger partial charge in [0.1, 0.15) is 0 Å². The predicted molar refractivity (Wildman–Crippen MR) is 392 cm³/mol. The fraction of sp³-hybridized carbons (Fsp3) is 0.429. The van der Waals surface area contributed by atoms with E-state index in [1.54, 1.807) is 0 Å². The normalized spacial score (nSPS) is 30.8. The van der Waals surface area contributed by atoms with Crippen LogP contribution in [0.15, 0.2) is 196 Å². The highest BCUT2D eigenvalue weighted by Gasteiger charge is 2.83. The molecule has 12 nitrogen and oxygen atoms in total. The third kappa shape index (κ3) is 16.9. The van der Waals surface area contributed by atoms with Crippen LogP contribution >= 0.6 is 0 Å². The Morgan fingerprint density at radius 1 is 0.179 bits per heavy atom. The first-order valence-corrected chi connectivity index (χ1v) is 68.1. The summed E-state index contributed by atoms with van der Waals surface area (Å²) in [7, 11) is -55.4. The summed E-state index contributed by atoms with van der Waals surface area (Å²) in [6.07, 6.45) is 0. The zero-order valence-corrected chi connectivity index (χ0v) is 68.8. The molecule has 6 fully saturated rings. The summed E-state index contributed by atoms with van der Waals surface area (Å²) in [5.74, 6) is 0. The van der Waals surface area contributed by atoms with Crippen molar-refractivity contribution in [2.45, 2.75) is 149 Å². The Balaban J connectivity index is 2.17. The van der Waals surface area contributed by atoms with E-state index in [1.165, 1.54) is 0 Å². The summed E-state index contributed by atoms with van der Waals surface area (Å²) in [6, 6.07) is 7.07. The van der Waals surface area contributed by atoms with Crippen molar-refractivity contribution in [3.8, 4) is 0 Å². The van der Waals surface area contributed by atoms with Crippen molar-refractivity contribution in [2.75, 3.05) is 0 Å². The topological polar surface area (TPSA) is 111 Å². The highest BCUT2D eigenvalue weighted by molar-refractivity contribution is 7.06. The fourth-order valence-electron chi connectivity index (χ4n) is 10.2. The quantitative estimate of drug-likeness (QED) is 0.0545. The SMILES string of the molecule is C=C[Si](C)(C=C)CC[Si]12O[Si]3(CC[Si](C)(C=C)C=C)O[Si]4(CC[Si](C)(C=C)C=C)O[Si](CC[Si](C)(C=C)C=C)(O1)O[Si]1(CC[Si](C)(C=C)C=C)O[Si](CC[Si](C)(C=C)C=C)(O2)O[Si](CC[Si](C)(C=C)C=C)(O3)O[Si](CC[Si](C)(C=C)C=C)(O4)O1. The lowest BCUT2D eigenvalue weighted by atomic mass is 10.9. The molecule has 0 aromatic heterocycles. The molecule has 0 aromatic carbocycles. The second-order valence-corrected chi connectivity index (χ2v) is 85.4. The van der Waals surface area contributed by atoms with Crippen molar-refractivity contribution in [3.05, 3.63) is 196 Å². The van der Waals surface area contributed by atoms with Gasteiger partial charge in [-0.1, -0.05) is 144 Å². The molecule has 6 aliphatic rings. The molecule has 6 rings (SSSR count). The van der Waals surface area contributed by atoms with E-state index in [9.17, 15) is 0 Å². The van der Waals surface area contributed by atoms with Gasteiger partial charge in [-0.15, -0.1) is 105 Å². The molecule has 0 saturated carbocycles. The van der Waals surface area contributed by atoms with E-state index in [1.807, 2.05) is 0 Å². The van der Waals surface area contributed by atoms with Gasteiger partial charge in [0.2, 0.25) is 0 Å². The molecule has 0 unspecified atom stereocenters. The third-order valence-corrected chi connectivity index (χ3v) is 85.2. The summed E-state index contributed by atoms with van der Waals surface area (Å²) in [5, 5.41) is 0.